The Morgan fingerprint density at radius 2 is 1.81 bits per heavy atom. The predicted molar refractivity (Wildman–Crippen MR) is 81.8 cm³/mol. The lowest BCUT2D eigenvalue weighted by molar-refractivity contribution is -0.117. The smallest absolute Gasteiger partial charge is 0.217 e. The second kappa shape index (κ2) is 6.31. The van der Waals surface area contributed by atoms with E-state index in [9.17, 15) is 9.18 Å². The third-order valence-electron chi connectivity index (χ3n) is 3.30. The van der Waals surface area contributed by atoms with E-state index in [1.165, 1.54) is 6.07 Å². The van der Waals surface area contributed by atoms with Crippen LogP contribution in [-0.4, -0.2) is 11.6 Å². The standard InChI is InChI=1S/C17H17FN2O/c1-11-2-4-12(5-3-11)14-7-6-13(10-15(14)18)16(19)8-9-17(20)21/h2-7,10,19H,8-9H2,1H3,(H2,20,21). The van der Waals surface area contributed by atoms with Crippen LogP contribution < -0.4 is 5.73 Å². The van der Waals surface area contributed by atoms with Gasteiger partial charge in [-0.3, -0.25) is 4.79 Å². The summed E-state index contributed by atoms with van der Waals surface area (Å²) in [6.45, 7) is 1.98. The molecule has 3 N–H and O–H groups in total. The molecule has 1 amide bonds. The Kier molecular flexibility index (Phi) is 4.48. The Hall–Kier alpha value is -2.49. The molecule has 0 radical (unpaired) electrons. The fraction of sp³-hybridized carbons (Fsp3) is 0.176. The SMILES string of the molecule is Cc1ccc(-c2ccc(C(=N)CCC(N)=O)cc2F)cc1. The van der Waals surface area contributed by atoms with E-state index in [1.54, 1.807) is 12.1 Å². The lowest BCUT2D eigenvalue weighted by Crippen LogP contribution is -2.12. The molecular weight excluding hydrogens is 267 g/mol. The van der Waals surface area contributed by atoms with Crippen LogP contribution in [-0.2, 0) is 4.79 Å². The maximum Gasteiger partial charge on any atom is 0.217 e. The summed E-state index contributed by atoms with van der Waals surface area (Å²) in [5.74, 6) is -0.836. The van der Waals surface area contributed by atoms with Crippen LogP contribution in [0.3, 0.4) is 0 Å². The van der Waals surface area contributed by atoms with Gasteiger partial charge in [0.25, 0.3) is 0 Å². The van der Waals surface area contributed by atoms with Crippen LogP contribution in [0.4, 0.5) is 4.39 Å². The molecule has 108 valence electrons. The minimum atomic E-state index is -0.462. The largest absolute Gasteiger partial charge is 0.370 e. The fourth-order valence-electron chi connectivity index (χ4n) is 2.06. The molecule has 2 aromatic rings. The zero-order chi connectivity index (χ0) is 15.4. The average molecular weight is 284 g/mol. The minimum absolute atomic E-state index is 0.0974. The van der Waals surface area contributed by atoms with Crippen molar-refractivity contribution in [3.8, 4) is 11.1 Å². The normalized spacial score (nSPS) is 10.4. The monoisotopic (exact) mass is 284 g/mol. The third kappa shape index (κ3) is 3.75. The van der Waals surface area contributed by atoms with E-state index in [0.29, 0.717) is 11.1 Å². The zero-order valence-corrected chi connectivity index (χ0v) is 11.8. The summed E-state index contributed by atoms with van der Waals surface area (Å²) in [5.41, 5.74) is 8.15. The molecule has 3 nitrogen and oxygen atoms in total. The van der Waals surface area contributed by atoms with Gasteiger partial charge in [-0.05, 0) is 30.5 Å². The number of benzene rings is 2. The van der Waals surface area contributed by atoms with Crippen LogP contribution in [0.2, 0.25) is 0 Å². The molecule has 0 aliphatic rings. The maximum absolute atomic E-state index is 14.2. The molecule has 0 unspecified atom stereocenters. The first-order chi connectivity index (χ1) is 9.97. The number of hydrogen-bond donors (Lipinski definition) is 2. The maximum atomic E-state index is 14.2. The van der Waals surface area contributed by atoms with Crippen molar-refractivity contribution in [2.24, 2.45) is 5.73 Å². The Labute approximate surface area is 123 Å². The summed E-state index contributed by atoms with van der Waals surface area (Å²) < 4.78 is 14.2. The second-order valence-corrected chi connectivity index (χ2v) is 5.01. The van der Waals surface area contributed by atoms with E-state index in [0.717, 1.165) is 11.1 Å². The van der Waals surface area contributed by atoms with Gasteiger partial charge in [0.2, 0.25) is 5.91 Å². The molecule has 21 heavy (non-hydrogen) atoms. The van der Waals surface area contributed by atoms with E-state index in [-0.39, 0.29) is 24.4 Å². The second-order valence-electron chi connectivity index (χ2n) is 5.01. The number of nitrogens with two attached hydrogens (primary N) is 1. The van der Waals surface area contributed by atoms with Crippen LogP contribution in [0.15, 0.2) is 42.5 Å². The van der Waals surface area contributed by atoms with Gasteiger partial charge in [-0.15, -0.1) is 0 Å². The molecule has 0 atom stereocenters. The first-order valence-corrected chi connectivity index (χ1v) is 6.70. The summed E-state index contributed by atoms with van der Waals surface area (Å²) in [7, 11) is 0. The van der Waals surface area contributed by atoms with Crippen molar-refractivity contribution in [2.45, 2.75) is 19.8 Å². The summed E-state index contributed by atoms with van der Waals surface area (Å²) in [4.78, 5) is 10.7. The molecule has 0 fully saturated rings. The van der Waals surface area contributed by atoms with Crippen molar-refractivity contribution >= 4 is 11.6 Å². The number of nitrogens with one attached hydrogen (secondary N) is 1. The van der Waals surface area contributed by atoms with E-state index >= 15 is 0 Å². The first kappa shape index (κ1) is 14.9. The highest BCUT2D eigenvalue weighted by Gasteiger charge is 2.09. The molecule has 0 heterocycles. The lowest BCUT2D eigenvalue weighted by Gasteiger charge is -2.08. The van der Waals surface area contributed by atoms with Crippen molar-refractivity contribution in [3.63, 3.8) is 0 Å². The first-order valence-electron chi connectivity index (χ1n) is 6.70. The molecule has 0 aliphatic heterocycles. The number of halogens is 1. The summed E-state index contributed by atoms with van der Waals surface area (Å²) in [6.07, 6.45) is 0.318. The highest BCUT2D eigenvalue weighted by Crippen LogP contribution is 2.24. The van der Waals surface area contributed by atoms with E-state index in [4.69, 9.17) is 11.1 Å². The van der Waals surface area contributed by atoms with Gasteiger partial charge in [0.05, 0.1) is 0 Å². The quantitative estimate of drug-likeness (QED) is 0.811. The van der Waals surface area contributed by atoms with Crippen LogP contribution in [0.5, 0.6) is 0 Å². The third-order valence-corrected chi connectivity index (χ3v) is 3.30. The molecule has 2 rings (SSSR count). The topological polar surface area (TPSA) is 66.9 Å². The highest BCUT2D eigenvalue weighted by atomic mass is 19.1. The number of primary amides is 1. The summed E-state index contributed by atoms with van der Waals surface area (Å²) >= 11 is 0. The van der Waals surface area contributed by atoms with E-state index in [1.807, 2.05) is 31.2 Å². The Morgan fingerprint density at radius 1 is 1.14 bits per heavy atom. The molecule has 2 aromatic carbocycles. The minimum Gasteiger partial charge on any atom is -0.370 e. The molecule has 0 aromatic heterocycles. The Balaban J connectivity index is 2.23. The predicted octanol–water partition coefficient (Wildman–Crippen LogP) is 3.43. The van der Waals surface area contributed by atoms with Gasteiger partial charge in [0, 0.05) is 17.7 Å². The molecular formula is C17H17FN2O. The Bertz CT molecular complexity index is 678. The van der Waals surface area contributed by atoms with Crippen molar-refractivity contribution in [3.05, 3.63) is 59.4 Å². The zero-order valence-electron chi connectivity index (χ0n) is 11.8. The molecule has 0 aliphatic carbocycles. The van der Waals surface area contributed by atoms with Crippen molar-refractivity contribution in [1.29, 1.82) is 5.41 Å². The van der Waals surface area contributed by atoms with Crippen molar-refractivity contribution < 1.29 is 9.18 Å². The van der Waals surface area contributed by atoms with Crippen LogP contribution in [0.25, 0.3) is 11.1 Å². The van der Waals surface area contributed by atoms with Crippen molar-refractivity contribution in [1.82, 2.24) is 0 Å². The number of carbonyl (C=O) groups is 1. The number of amides is 1. The summed E-state index contributed by atoms with van der Waals surface area (Å²) in [5, 5.41) is 7.85. The van der Waals surface area contributed by atoms with Gasteiger partial charge < -0.3 is 11.1 Å². The lowest BCUT2D eigenvalue weighted by atomic mass is 9.99. The number of hydrogen-bond acceptors (Lipinski definition) is 2. The number of carbonyl (C=O) groups excluding carboxylic acids is 1. The van der Waals surface area contributed by atoms with Crippen LogP contribution in [0, 0.1) is 18.2 Å². The number of aryl methyl sites for hydroxylation is 1. The number of rotatable bonds is 5. The summed E-state index contributed by atoms with van der Waals surface area (Å²) in [6, 6.07) is 12.3. The van der Waals surface area contributed by atoms with Gasteiger partial charge in [-0.2, -0.15) is 0 Å². The highest BCUT2D eigenvalue weighted by molar-refractivity contribution is 6.00. The Morgan fingerprint density at radius 3 is 2.38 bits per heavy atom. The molecule has 4 heteroatoms. The molecule has 0 saturated heterocycles. The fourth-order valence-corrected chi connectivity index (χ4v) is 2.06. The molecule has 0 spiro atoms. The molecule has 0 saturated carbocycles. The van der Waals surface area contributed by atoms with E-state index < -0.39 is 5.91 Å². The van der Waals surface area contributed by atoms with Gasteiger partial charge in [-0.1, -0.05) is 42.0 Å². The molecule has 0 bridgehead atoms. The van der Waals surface area contributed by atoms with Crippen LogP contribution in [0.1, 0.15) is 24.0 Å². The van der Waals surface area contributed by atoms with Crippen LogP contribution >= 0.6 is 0 Å². The van der Waals surface area contributed by atoms with Gasteiger partial charge in [-0.25, -0.2) is 4.39 Å². The van der Waals surface area contributed by atoms with Gasteiger partial charge in [0.1, 0.15) is 5.82 Å². The van der Waals surface area contributed by atoms with E-state index in [2.05, 4.69) is 0 Å². The van der Waals surface area contributed by atoms with Gasteiger partial charge >= 0.3 is 0 Å². The van der Waals surface area contributed by atoms with Crippen molar-refractivity contribution in [2.75, 3.05) is 0 Å². The van der Waals surface area contributed by atoms with Gasteiger partial charge in [0.15, 0.2) is 0 Å². The average Bonchev–Trinajstić information content (AvgIpc) is 2.45.